The Labute approximate surface area is 161 Å². The number of nitrogens with zero attached hydrogens (tertiary/aromatic N) is 1. The number of thiophene rings is 1. The molecular formula is C22H17NOS2. The summed E-state index contributed by atoms with van der Waals surface area (Å²) in [7, 11) is 0. The molecule has 0 fully saturated rings. The number of carbonyl (C=O) groups excluding carboxylic acids is 1. The molecule has 0 N–H and O–H groups in total. The highest BCUT2D eigenvalue weighted by Crippen LogP contribution is 2.44. The summed E-state index contributed by atoms with van der Waals surface area (Å²) < 4.78 is 0.997. The summed E-state index contributed by atoms with van der Waals surface area (Å²) >= 11 is 3.15. The van der Waals surface area contributed by atoms with Gasteiger partial charge in [0.25, 0.3) is 0 Å². The Morgan fingerprint density at radius 1 is 1.04 bits per heavy atom. The molecule has 1 unspecified atom stereocenters. The van der Waals surface area contributed by atoms with Gasteiger partial charge < -0.3 is 0 Å². The molecule has 0 saturated heterocycles. The summed E-state index contributed by atoms with van der Waals surface area (Å²) in [5, 5.41) is 9.58. The minimum absolute atomic E-state index is 0.171. The van der Waals surface area contributed by atoms with Crippen molar-refractivity contribution in [2.45, 2.75) is 28.7 Å². The Bertz CT molecular complexity index is 971. The maximum Gasteiger partial charge on any atom is 0.165 e. The van der Waals surface area contributed by atoms with Crippen molar-refractivity contribution in [1.29, 1.82) is 5.26 Å². The van der Waals surface area contributed by atoms with E-state index in [4.69, 9.17) is 0 Å². The molecule has 1 aliphatic rings. The van der Waals surface area contributed by atoms with E-state index in [1.165, 1.54) is 22.5 Å². The quantitative estimate of drug-likeness (QED) is 0.539. The number of carbonyl (C=O) groups is 1. The van der Waals surface area contributed by atoms with Crippen LogP contribution in [0.1, 0.15) is 44.3 Å². The van der Waals surface area contributed by atoms with E-state index in [1.807, 2.05) is 36.4 Å². The highest BCUT2D eigenvalue weighted by atomic mass is 32.2. The van der Waals surface area contributed by atoms with Crippen molar-refractivity contribution in [3.8, 4) is 6.07 Å². The number of Topliss-reactive ketones (excluding diaryl/α,β-unsaturated/α-hetero) is 1. The molecule has 4 heteroatoms. The fraction of sp³-hybridized carbons (Fsp3) is 0.182. The number of thioether (sulfide) groups is 1. The zero-order chi connectivity index (χ0) is 17.9. The summed E-state index contributed by atoms with van der Waals surface area (Å²) in [6.07, 6.45) is 1.30. The van der Waals surface area contributed by atoms with Crippen LogP contribution >= 0.6 is 23.1 Å². The second-order valence-electron chi connectivity index (χ2n) is 6.40. The third-order valence-electron chi connectivity index (χ3n) is 4.72. The van der Waals surface area contributed by atoms with E-state index in [9.17, 15) is 10.1 Å². The molecule has 1 aliphatic carbocycles. The van der Waals surface area contributed by atoms with Crippen LogP contribution in [0.15, 0.2) is 64.9 Å². The first-order valence-corrected chi connectivity index (χ1v) is 10.4. The lowest BCUT2D eigenvalue weighted by atomic mass is 9.80. The predicted octanol–water partition coefficient (Wildman–Crippen LogP) is 5.82. The molecule has 0 radical (unpaired) electrons. The lowest BCUT2D eigenvalue weighted by Crippen LogP contribution is -2.18. The lowest BCUT2D eigenvalue weighted by molar-refractivity contribution is 0.0962. The van der Waals surface area contributed by atoms with Crippen LogP contribution in [0.2, 0.25) is 0 Å². The third kappa shape index (κ3) is 3.33. The van der Waals surface area contributed by atoms with Crippen molar-refractivity contribution in [2.75, 3.05) is 0 Å². The molecular weight excluding hydrogens is 358 g/mol. The molecule has 3 aromatic rings. The van der Waals surface area contributed by atoms with Gasteiger partial charge in [0.15, 0.2) is 5.78 Å². The first-order chi connectivity index (χ1) is 12.8. The average Bonchev–Trinajstić information content (AvgIpc) is 3.06. The van der Waals surface area contributed by atoms with Gasteiger partial charge in [-0.1, -0.05) is 60.7 Å². The first kappa shape index (κ1) is 17.1. The van der Waals surface area contributed by atoms with Gasteiger partial charge in [0.2, 0.25) is 0 Å². The Morgan fingerprint density at radius 3 is 2.42 bits per heavy atom. The number of fused-ring (bicyclic) bond motifs is 1. The van der Waals surface area contributed by atoms with Gasteiger partial charge in [-0.25, -0.2) is 0 Å². The largest absolute Gasteiger partial charge is 0.294 e. The molecule has 2 nitrogen and oxygen atoms in total. The van der Waals surface area contributed by atoms with Crippen molar-refractivity contribution in [3.05, 3.63) is 87.8 Å². The van der Waals surface area contributed by atoms with Crippen LogP contribution in [0.25, 0.3) is 0 Å². The van der Waals surface area contributed by atoms with Crippen LogP contribution in [0.4, 0.5) is 0 Å². The fourth-order valence-corrected chi connectivity index (χ4v) is 5.85. The number of hydrogen-bond donors (Lipinski definition) is 0. The smallest absolute Gasteiger partial charge is 0.165 e. The Morgan fingerprint density at radius 2 is 1.73 bits per heavy atom. The predicted molar refractivity (Wildman–Crippen MR) is 107 cm³/mol. The summed E-state index contributed by atoms with van der Waals surface area (Å²) in [5.41, 5.74) is 4.17. The Kier molecular flexibility index (Phi) is 4.92. The zero-order valence-electron chi connectivity index (χ0n) is 14.1. The molecule has 1 heterocycles. The summed E-state index contributed by atoms with van der Waals surface area (Å²) in [6.45, 7) is 0. The van der Waals surface area contributed by atoms with E-state index < -0.39 is 0 Å². The van der Waals surface area contributed by atoms with Crippen LogP contribution in [0, 0.1) is 11.3 Å². The van der Waals surface area contributed by atoms with Crippen LogP contribution in [0.5, 0.6) is 0 Å². The van der Waals surface area contributed by atoms with Gasteiger partial charge in [-0.2, -0.15) is 5.26 Å². The van der Waals surface area contributed by atoms with E-state index in [1.54, 1.807) is 11.8 Å². The van der Waals surface area contributed by atoms with E-state index in [2.05, 4.69) is 30.3 Å². The number of rotatable bonds is 4. The van der Waals surface area contributed by atoms with Gasteiger partial charge in [0, 0.05) is 17.7 Å². The standard InChI is InChI=1S/C22H17NOS2/c23-13-20-18-11-17(16-9-5-2-6-10-16)12-19(24)21(18)22(26-20)25-14-15-7-3-1-4-8-15/h1-10,17H,11-12,14H2. The van der Waals surface area contributed by atoms with Crippen molar-refractivity contribution < 1.29 is 4.79 Å². The van der Waals surface area contributed by atoms with Gasteiger partial charge in [-0.15, -0.1) is 23.1 Å². The molecule has 4 rings (SSSR count). The average molecular weight is 376 g/mol. The molecule has 0 amide bonds. The molecule has 0 saturated carbocycles. The minimum Gasteiger partial charge on any atom is -0.294 e. The molecule has 0 bridgehead atoms. The highest BCUT2D eigenvalue weighted by Gasteiger charge is 2.32. The Balaban J connectivity index is 1.63. The van der Waals surface area contributed by atoms with Crippen LogP contribution < -0.4 is 0 Å². The second kappa shape index (κ2) is 7.49. The van der Waals surface area contributed by atoms with Crippen LogP contribution in [-0.4, -0.2) is 5.78 Å². The number of benzene rings is 2. The van der Waals surface area contributed by atoms with Gasteiger partial charge in [0.1, 0.15) is 10.9 Å². The topological polar surface area (TPSA) is 40.9 Å². The number of nitriles is 1. The van der Waals surface area contributed by atoms with E-state index in [-0.39, 0.29) is 11.7 Å². The van der Waals surface area contributed by atoms with E-state index in [0.717, 1.165) is 27.5 Å². The molecule has 1 aromatic heterocycles. The second-order valence-corrected chi connectivity index (χ2v) is 8.66. The molecule has 0 aliphatic heterocycles. The van der Waals surface area contributed by atoms with Crippen LogP contribution in [0.3, 0.4) is 0 Å². The maximum absolute atomic E-state index is 12.9. The lowest BCUT2D eigenvalue weighted by Gasteiger charge is -2.22. The normalized spacial score (nSPS) is 16.1. The third-order valence-corrected chi connectivity index (χ3v) is 7.20. The number of ketones is 1. The fourth-order valence-electron chi connectivity index (χ4n) is 3.44. The van der Waals surface area contributed by atoms with Gasteiger partial charge in [0.05, 0.1) is 4.21 Å². The molecule has 128 valence electrons. The van der Waals surface area contributed by atoms with Crippen molar-refractivity contribution in [2.24, 2.45) is 0 Å². The van der Waals surface area contributed by atoms with Gasteiger partial charge in [-0.3, -0.25) is 4.79 Å². The Hall–Kier alpha value is -2.35. The highest BCUT2D eigenvalue weighted by molar-refractivity contribution is 8.00. The number of hydrogen-bond acceptors (Lipinski definition) is 4. The van der Waals surface area contributed by atoms with Crippen molar-refractivity contribution >= 4 is 28.9 Å². The SMILES string of the molecule is N#Cc1sc(SCc2ccccc2)c2c1CC(c1ccccc1)CC2=O. The van der Waals surface area contributed by atoms with Crippen molar-refractivity contribution in [1.82, 2.24) is 0 Å². The zero-order valence-corrected chi connectivity index (χ0v) is 15.8. The first-order valence-electron chi connectivity index (χ1n) is 8.57. The summed E-state index contributed by atoms with van der Waals surface area (Å²) in [5.74, 6) is 1.16. The maximum atomic E-state index is 12.9. The van der Waals surface area contributed by atoms with Crippen molar-refractivity contribution in [3.63, 3.8) is 0 Å². The van der Waals surface area contributed by atoms with E-state index >= 15 is 0 Å². The summed E-state index contributed by atoms with van der Waals surface area (Å²) in [6, 6.07) is 22.7. The molecule has 2 aromatic carbocycles. The molecule has 1 atom stereocenters. The van der Waals surface area contributed by atoms with Gasteiger partial charge in [-0.05, 0) is 29.0 Å². The van der Waals surface area contributed by atoms with Gasteiger partial charge >= 0.3 is 0 Å². The van der Waals surface area contributed by atoms with Crippen LogP contribution in [-0.2, 0) is 12.2 Å². The van der Waals surface area contributed by atoms with E-state index in [0.29, 0.717) is 11.3 Å². The monoisotopic (exact) mass is 375 g/mol. The molecule has 26 heavy (non-hydrogen) atoms. The summed E-state index contributed by atoms with van der Waals surface area (Å²) in [4.78, 5) is 13.6. The minimum atomic E-state index is 0.171. The molecule has 0 spiro atoms.